The van der Waals surface area contributed by atoms with Crippen LogP contribution in [0.5, 0.6) is 0 Å². The molecule has 0 atom stereocenters. The molecule has 0 saturated carbocycles. The molecule has 7 nitrogen and oxygen atoms in total. The molecule has 1 rings (SSSR count). The largest absolute Gasteiger partial charge is 0.383 e. The molecule has 0 spiro atoms. The summed E-state index contributed by atoms with van der Waals surface area (Å²) in [5, 5.41) is 2.44. The molecule has 0 radical (unpaired) electrons. The van der Waals surface area contributed by atoms with E-state index in [0.717, 1.165) is 4.57 Å². The molecule has 7 heteroatoms. The van der Waals surface area contributed by atoms with Gasteiger partial charge >= 0.3 is 5.69 Å². The minimum atomic E-state index is -0.886. The minimum Gasteiger partial charge on any atom is -0.383 e. The lowest BCUT2D eigenvalue weighted by Crippen LogP contribution is -2.31. The van der Waals surface area contributed by atoms with E-state index in [0.29, 0.717) is 0 Å². The predicted octanol–water partition coefficient (Wildman–Crippen LogP) is -0.297. The van der Waals surface area contributed by atoms with Gasteiger partial charge in [0.05, 0.1) is 0 Å². The Morgan fingerprint density at radius 3 is 2.71 bits per heavy atom. The van der Waals surface area contributed by atoms with E-state index in [9.17, 15) is 14.5 Å². The van der Waals surface area contributed by atoms with Gasteiger partial charge in [-0.3, -0.25) is 14.3 Å². The molecular weight excluding hydrogens is 188 g/mol. The summed E-state index contributed by atoms with van der Waals surface area (Å²) in [6, 6.07) is 0. The molecule has 0 aliphatic heterocycles. The van der Waals surface area contributed by atoms with Crippen molar-refractivity contribution >= 4 is 11.5 Å². The highest BCUT2D eigenvalue weighted by atomic mass is 16.3. The molecule has 0 bridgehead atoms. The third-order valence-electron chi connectivity index (χ3n) is 1.62. The van der Waals surface area contributed by atoms with E-state index < -0.39 is 16.9 Å². The first-order valence-corrected chi connectivity index (χ1v) is 3.68. The maximum Gasteiger partial charge on any atom is 0.330 e. The van der Waals surface area contributed by atoms with Gasteiger partial charge in [0.25, 0.3) is 5.56 Å². The van der Waals surface area contributed by atoms with E-state index in [4.69, 9.17) is 5.73 Å². The van der Waals surface area contributed by atoms with Crippen LogP contribution in [0.1, 0.15) is 0 Å². The average molecular weight is 196 g/mol. The highest BCUT2D eigenvalue weighted by Gasteiger charge is 2.11. The Morgan fingerprint density at radius 1 is 1.57 bits per heavy atom. The van der Waals surface area contributed by atoms with Crippen LogP contribution in [0.2, 0.25) is 0 Å². The fraction of sp³-hybridized carbons (Fsp3) is 0.143. The summed E-state index contributed by atoms with van der Waals surface area (Å²) in [6.45, 7) is 3.50. The summed E-state index contributed by atoms with van der Waals surface area (Å²) in [5.41, 5.74) is 3.31. The van der Waals surface area contributed by atoms with Gasteiger partial charge in [0.2, 0.25) is 5.69 Å². The molecule has 1 aromatic heterocycles. The van der Waals surface area contributed by atoms with Gasteiger partial charge in [-0.2, -0.15) is 0 Å². The van der Waals surface area contributed by atoms with E-state index in [-0.39, 0.29) is 12.4 Å². The quantitative estimate of drug-likeness (QED) is 0.510. The number of nitrogen functional groups attached to an aromatic ring is 1. The zero-order valence-corrected chi connectivity index (χ0v) is 7.19. The van der Waals surface area contributed by atoms with Gasteiger partial charge in [-0.15, -0.1) is 11.5 Å². The fourth-order valence-electron chi connectivity index (χ4n) is 0.976. The van der Waals surface area contributed by atoms with Gasteiger partial charge in [0.1, 0.15) is 5.82 Å². The molecule has 0 aliphatic carbocycles. The van der Waals surface area contributed by atoms with Crippen molar-refractivity contribution in [3.8, 4) is 0 Å². The third-order valence-corrected chi connectivity index (χ3v) is 1.62. The van der Waals surface area contributed by atoms with Crippen molar-refractivity contribution < 1.29 is 0 Å². The zero-order valence-electron chi connectivity index (χ0n) is 7.19. The Balaban J connectivity index is 3.59. The highest BCUT2D eigenvalue weighted by Crippen LogP contribution is 2.12. The van der Waals surface area contributed by atoms with Crippen molar-refractivity contribution in [1.82, 2.24) is 9.55 Å². The summed E-state index contributed by atoms with van der Waals surface area (Å²) >= 11 is 0. The lowest BCUT2D eigenvalue weighted by Gasteiger charge is -2.05. The molecule has 3 N–H and O–H groups in total. The number of H-pyrrole nitrogens is 1. The van der Waals surface area contributed by atoms with Crippen LogP contribution >= 0.6 is 0 Å². The van der Waals surface area contributed by atoms with Gasteiger partial charge in [0.15, 0.2) is 0 Å². The van der Waals surface area contributed by atoms with Gasteiger partial charge in [-0.25, -0.2) is 4.79 Å². The predicted molar refractivity (Wildman–Crippen MR) is 51.4 cm³/mol. The zero-order chi connectivity index (χ0) is 10.7. The molecule has 0 amide bonds. The third kappa shape index (κ3) is 1.47. The van der Waals surface area contributed by atoms with Crippen LogP contribution in [0.25, 0.3) is 0 Å². The van der Waals surface area contributed by atoms with E-state index in [1.807, 2.05) is 4.98 Å². The molecule has 0 saturated heterocycles. The molecule has 14 heavy (non-hydrogen) atoms. The van der Waals surface area contributed by atoms with E-state index in [1.165, 1.54) is 6.08 Å². The Labute approximate surface area is 77.8 Å². The topological polar surface area (TPSA) is 110 Å². The van der Waals surface area contributed by atoms with Gasteiger partial charge in [0, 0.05) is 6.54 Å². The second-order valence-corrected chi connectivity index (χ2v) is 2.48. The van der Waals surface area contributed by atoms with Crippen LogP contribution in [-0.2, 0) is 6.54 Å². The van der Waals surface area contributed by atoms with Crippen molar-refractivity contribution in [2.24, 2.45) is 5.18 Å². The average Bonchev–Trinajstić information content (AvgIpc) is 2.12. The number of nitroso groups, excluding NO2 is 1. The normalized spacial score (nSPS) is 9.71. The van der Waals surface area contributed by atoms with Crippen molar-refractivity contribution in [1.29, 1.82) is 0 Å². The van der Waals surface area contributed by atoms with Crippen LogP contribution in [0.15, 0.2) is 27.4 Å². The maximum atomic E-state index is 11.2. The van der Waals surface area contributed by atoms with Crippen LogP contribution in [0.4, 0.5) is 11.5 Å². The SMILES string of the molecule is C=CCn1c(N)c(N=O)c(=O)[nH]c1=O. The van der Waals surface area contributed by atoms with Crippen molar-refractivity contribution in [2.75, 3.05) is 5.73 Å². The number of anilines is 1. The van der Waals surface area contributed by atoms with Crippen molar-refractivity contribution in [3.63, 3.8) is 0 Å². The maximum absolute atomic E-state index is 11.2. The van der Waals surface area contributed by atoms with Gasteiger partial charge < -0.3 is 5.73 Å². The molecular formula is C7H8N4O3. The summed E-state index contributed by atoms with van der Waals surface area (Å²) < 4.78 is 0.991. The number of allylic oxidation sites excluding steroid dienone is 1. The van der Waals surface area contributed by atoms with Gasteiger partial charge in [-0.05, 0) is 5.18 Å². The summed E-state index contributed by atoms with van der Waals surface area (Å²) in [6.07, 6.45) is 1.41. The number of hydrogen-bond acceptors (Lipinski definition) is 5. The van der Waals surface area contributed by atoms with Gasteiger partial charge in [-0.1, -0.05) is 6.08 Å². The molecule has 74 valence electrons. The highest BCUT2D eigenvalue weighted by molar-refractivity contribution is 5.55. The molecule has 1 heterocycles. The van der Waals surface area contributed by atoms with Crippen molar-refractivity contribution in [2.45, 2.75) is 6.54 Å². The Hall–Kier alpha value is -2.18. The lowest BCUT2D eigenvalue weighted by molar-refractivity contribution is 0.750. The van der Waals surface area contributed by atoms with Crippen LogP contribution in [0.3, 0.4) is 0 Å². The first kappa shape index (κ1) is 9.90. The number of hydrogen-bond donors (Lipinski definition) is 2. The number of nitrogens with two attached hydrogens (primary N) is 1. The van der Waals surface area contributed by atoms with Crippen LogP contribution in [0, 0.1) is 4.91 Å². The Bertz CT molecular complexity index is 485. The Morgan fingerprint density at radius 2 is 2.21 bits per heavy atom. The second-order valence-electron chi connectivity index (χ2n) is 2.48. The first-order valence-electron chi connectivity index (χ1n) is 3.68. The molecule has 0 aromatic carbocycles. The van der Waals surface area contributed by atoms with Crippen LogP contribution < -0.4 is 17.0 Å². The second kappa shape index (κ2) is 3.69. The number of aromatic nitrogens is 2. The van der Waals surface area contributed by atoms with E-state index in [2.05, 4.69) is 11.8 Å². The number of aromatic amines is 1. The molecule has 1 aromatic rings. The van der Waals surface area contributed by atoms with E-state index in [1.54, 1.807) is 0 Å². The molecule has 0 fully saturated rings. The molecule has 0 aliphatic rings. The first-order chi connectivity index (χ1) is 6.61. The Kier molecular flexibility index (Phi) is 2.61. The van der Waals surface area contributed by atoms with Crippen LogP contribution in [-0.4, -0.2) is 9.55 Å². The summed E-state index contributed by atoms with van der Waals surface area (Å²) in [4.78, 5) is 34.3. The van der Waals surface area contributed by atoms with Crippen molar-refractivity contribution in [3.05, 3.63) is 38.4 Å². The fourth-order valence-corrected chi connectivity index (χ4v) is 0.976. The monoisotopic (exact) mass is 196 g/mol. The summed E-state index contributed by atoms with van der Waals surface area (Å²) in [5.74, 6) is -0.256. The number of nitrogens with zero attached hydrogens (tertiary/aromatic N) is 2. The minimum absolute atomic E-state index is 0.101. The number of rotatable bonds is 3. The summed E-state index contributed by atoms with van der Waals surface area (Å²) in [7, 11) is 0. The molecule has 0 unspecified atom stereocenters. The van der Waals surface area contributed by atoms with E-state index >= 15 is 0 Å². The lowest BCUT2D eigenvalue weighted by atomic mass is 10.4. The number of nitrogens with one attached hydrogen (secondary N) is 1. The standard InChI is InChI=1S/C7H8N4O3/c1-2-3-11-5(8)4(10-14)6(12)9-7(11)13/h2H,1,3,8H2,(H,9,12,13). The smallest absolute Gasteiger partial charge is 0.330 e.